The molecular weight excluding hydrogens is 370 g/mol. The minimum atomic E-state index is -0.159. The maximum atomic E-state index is 12.3. The zero-order chi connectivity index (χ0) is 17.1. The van der Waals surface area contributed by atoms with Crippen molar-refractivity contribution in [2.75, 3.05) is 5.32 Å². The van der Waals surface area contributed by atoms with Crippen LogP contribution in [0.15, 0.2) is 53.0 Å². The van der Waals surface area contributed by atoms with Crippen molar-refractivity contribution in [3.8, 4) is 0 Å². The summed E-state index contributed by atoms with van der Waals surface area (Å²) in [7, 11) is 0. The molecule has 6 heteroatoms. The summed E-state index contributed by atoms with van der Waals surface area (Å²) in [6, 6.07) is 15.0. The number of carbonyl (C=O) groups excluding carboxylic acids is 2. The minimum Gasteiger partial charge on any atom is -0.351 e. The fourth-order valence-corrected chi connectivity index (χ4v) is 2.79. The second-order valence-electron chi connectivity index (χ2n) is 5.48. The summed E-state index contributed by atoms with van der Waals surface area (Å²) in [6.45, 7) is 1.88. The van der Waals surface area contributed by atoms with Crippen LogP contribution in [-0.2, 0) is 11.3 Å². The molecule has 0 radical (unpaired) electrons. The van der Waals surface area contributed by atoms with Crippen LogP contribution in [0.2, 0.25) is 0 Å². The van der Waals surface area contributed by atoms with Gasteiger partial charge in [-0.2, -0.15) is 0 Å². The molecule has 0 saturated carbocycles. The van der Waals surface area contributed by atoms with E-state index in [0.717, 1.165) is 26.6 Å². The zero-order valence-electron chi connectivity index (χ0n) is 13.0. The Balaban J connectivity index is 1.64. The summed E-state index contributed by atoms with van der Waals surface area (Å²) in [5.41, 5.74) is 3.14. The molecule has 3 N–H and O–H groups in total. The van der Waals surface area contributed by atoms with Crippen molar-refractivity contribution in [1.29, 1.82) is 0 Å². The Morgan fingerprint density at radius 3 is 2.54 bits per heavy atom. The van der Waals surface area contributed by atoms with Crippen molar-refractivity contribution >= 4 is 44.3 Å². The molecule has 0 atom stereocenters. The first-order valence-electron chi connectivity index (χ1n) is 7.44. The second-order valence-corrected chi connectivity index (χ2v) is 6.39. The Labute approximate surface area is 147 Å². The molecule has 2 amide bonds. The number of hydrogen-bond acceptors (Lipinski definition) is 2. The van der Waals surface area contributed by atoms with Gasteiger partial charge in [0.25, 0.3) is 5.91 Å². The summed E-state index contributed by atoms with van der Waals surface area (Å²) >= 11 is 3.42. The molecule has 1 heterocycles. The summed E-state index contributed by atoms with van der Waals surface area (Å²) in [5.74, 6) is -0.269. The maximum Gasteiger partial charge on any atom is 0.267 e. The van der Waals surface area contributed by atoms with E-state index < -0.39 is 0 Å². The van der Waals surface area contributed by atoms with E-state index in [2.05, 4.69) is 31.5 Å². The lowest BCUT2D eigenvalue weighted by Crippen LogP contribution is -2.23. The third kappa shape index (κ3) is 3.83. The van der Waals surface area contributed by atoms with Crippen LogP contribution in [-0.4, -0.2) is 16.8 Å². The predicted molar refractivity (Wildman–Crippen MR) is 97.9 cm³/mol. The highest BCUT2D eigenvalue weighted by atomic mass is 79.9. The Kier molecular flexibility index (Phi) is 4.66. The number of rotatable bonds is 4. The van der Waals surface area contributed by atoms with Gasteiger partial charge in [-0.25, -0.2) is 0 Å². The first-order chi connectivity index (χ1) is 11.5. The summed E-state index contributed by atoms with van der Waals surface area (Å²) in [6.07, 6.45) is 0. The van der Waals surface area contributed by atoms with Gasteiger partial charge < -0.3 is 15.6 Å². The quantitative estimate of drug-likeness (QED) is 0.638. The van der Waals surface area contributed by atoms with Gasteiger partial charge >= 0.3 is 0 Å². The SMILES string of the molecule is CC(=O)Nc1ccc(CNC(=O)c2cc3cc(Br)ccc3[nH]2)cc1. The molecule has 3 rings (SSSR count). The number of nitrogens with one attached hydrogen (secondary N) is 3. The molecule has 5 nitrogen and oxygen atoms in total. The van der Waals surface area contributed by atoms with Gasteiger partial charge in [0, 0.05) is 34.5 Å². The third-order valence-electron chi connectivity index (χ3n) is 3.55. The molecule has 1 aromatic heterocycles. The number of benzene rings is 2. The van der Waals surface area contributed by atoms with Crippen LogP contribution in [0.5, 0.6) is 0 Å². The van der Waals surface area contributed by atoms with Gasteiger partial charge in [-0.3, -0.25) is 9.59 Å². The van der Waals surface area contributed by atoms with E-state index in [-0.39, 0.29) is 11.8 Å². The van der Waals surface area contributed by atoms with E-state index in [4.69, 9.17) is 0 Å². The molecule has 0 fully saturated rings. The number of H-pyrrole nitrogens is 1. The van der Waals surface area contributed by atoms with Gasteiger partial charge in [-0.05, 0) is 42.0 Å². The van der Waals surface area contributed by atoms with E-state index in [9.17, 15) is 9.59 Å². The van der Waals surface area contributed by atoms with Crippen LogP contribution >= 0.6 is 15.9 Å². The van der Waals surface area contributed by atoms with Gasteiger partial charge in [0.05, 0.1) is 0 Å². The normalized spacial score (nSPS) is 10.6. The van der Waals surface area contributed by atoms with Gasteiger partial charge in [0.2, 0.25) is 5.91 Å². The standard InChI is InChI=1S/C18H16BrN3O2/c1-11(23)21-15-5-2-12(3-6-15)10-20-18(24)17-9-13-8-14(19)4-7-16(13)22-17/h2-9,22H,10H2,1H3,(H,20,24)(H,21,23). The Hall–Kier alpha value is -2.60. The lowest BCUT2D eigenvalue weighted by Gasteiger charge is -2.06. The number of amides is 2. The van der Waals surface area contributed by atoms with Gasteiger partial charge in [-0.15, -0.1) is 0 Å². The topological polar surface area (TPSA) is 74.0 Å². The molecule has 0 aliphatic heterocycles. The lowest BCUT2D eigenvalue weighted by atomic mass is 10.2. The molecule has 24 heavy (non-hydrogen) atoms. The van der Waals surface area contributed by atoms with Crippen molar-refractivity contribution in [2.45, 2.75) is 13.5 Å². The molecule has 0 spiro atoms. The zero-order valence-corrected chi connectivity index (χ0v) is 14.6. The number of hydrogen-bond donors (Lipinski definition) is 3. The third-order valence-corrected chi connectivity index (χ3v) is 4.05. The van der Waals surface area contributed by atoms with E-state index in [1.807, 2.05) is 48.5 Å². The van der Waals surface area contributed by atoms with Crippen LogP contribution in [0.3, 0.4) is 0 Å². The monoisotopic (exact) mass is 385 g/mol. The van der Waals surface area contributed by atoms with Crippen molar-refractivity contribution in [1.82, 2.24) is 10.3 Å². The molecule has 0 aliphatic carbocycles. The largest absolute Gasteiger partial charge is 0.351 e. The molecule has 3 aromatic rings. The smallest absolute Gasteiger partial charge is 0.267 e. The fourth-order valence-electron chi connectivity index (χ4n) is 2.41. The maximum absolute atomic E-state index is 12.3. The summed E-state index contributed by atoms with van der Waals surface area (Å²) in [4.78, 5) is 26.4. The van der Waals surface area contributed by atoms with Crippen LogP contribution in [0.25, 0.3) is 10.9 Å². The molecule has 0 saturated heterocycles. The number of carbonyl (C=O) groups is 2. The highest BCUT2D eigenvalue weighted by molar-refractivity contribution is 9.10. The number of anilines is 1. The Morgan fingerprint density at radius 2 is 1.83 bits per heavy atom. The highest BCUT2D eigenvalue weighted by Crippen LogP contribution is 2.20. The average molecular weight is 386 g/mol. The highest BCUT2D eigenvalue weighted by Gasteiger charge is 2.09. The Morgan fingerprint density at radius 1 is 1.08 bits per heavy atom. The van der Waals surface area contributed by atoms with E-state index in [0.29, 0.717) is 12.2 Å². The minimum absolute atomic E-state index is 0.110. The molecular formula is C18H16BrN3O2. The van der Waals surface area contributed by atoms with Crippen molar-refractivity contribution in [3.63, 3.8) is 0 Å². The Bertz CT molecular complexity index is 900. The van der Waals surface area contributed by atoms with Crippen molar-refractivity contribution in [2.24, 2.45) is 0 Å². The van der Waals surface area contributed by atoms with Crippen molar-refractivity contribution < 1.29 is 9.59 Å². The molecule has 0 unspecified atom stereocenters. The van der Waals surface area contributed by atoms with E-state index in [1.165, 1.54) is 6.92 Å². The average Bonchev–Trinajstić information content (AvgIpc) is 2.96. The van der Waals surface area contributed by atoms with Gasteiger partial charge in [0.15, 0.2) is 0 Å². The predicted octanol–water partition coefficient (Wildman–Crippen LogP) is 3.82. The summed E-state index contributed by atoms with van der Waals surface area (Å²) in [5, 5.41) is 6.57. The van der Waals surface area contributed by atoms with E-state index >= 15 is 0 Å². The fraction of sp³-hybridized carbons (Fsp3) is 0.111. The first kappa shape index (κ1) is 16.3. The lowest BCUT2D eigenvalue weighted by molar-refractivity contribution is -0.114. The van der Waals surface area contributed by atoms with Crippen molar-refractivity contribution in [3.05, 3.63) is 64.3 Å². The number of aromatic nitrogens is 1. The number of fused-ring (bicyclic) bond motifs is 1. The summed E-state index contributed by atoms with van der Waals surface area (Å²) < 4.78 is 0.972. The number of halogens is 1. The van der Waals surface area contributed by atoms with Gasteiger partial charge in [0.1, 0.15) is 5.69 Å². The molecule has 2 aromatic carbocycles. The number of aromatic amines is 1. The van der Waals surface area contributed by atoms with E-state index in [1.54, 1.807) is 0 Å². The van der Waals surface area contributed by atoms with Crippen LogP contribution in [0, 0.1) is 0 Å². The molecule has 0 aliphatic rings. The molecule has 122 valence electrons. The van der Waals surface area contributed by atoms with Crippen LogP contribution in [0.1, 0.15) is 23.0 Å². The van der Waals surface area contributed by atoms with Crippen LogP contribution in [0.4, 0.5) is 5.69 Å². The first-order valence-corrected chi connectivity index (χ1v) is 8.23. The van der Waals surface area contributed by atoms with Crippen LogP contribution < -0.4 is 10.6 Å². The van der Waals surface area contributed by atoms with Gasteiger partial charge in [-0.1, -0.05) is 28.1 Å². The molecule has 0 bridgehead atoms. The second kappa shape index (κ2) is 6.88.